The van der Waals surface area contributed by atoms with Gasteiger partial charge in [0.2, 0.25) is 0 Å². The van der Waals surface area contributed by atoms with Crippen molar-refractivity contribution < 1.29 is 8.78 Å². The monoisotopic (exact) mass is 164 g/mol. The summed E-state index contributed by atoms with van der Waals surface area (Å²) >= 11 is 0. The lowest BCUT2D eigenvalue weighted by atomic mass is 9.91. The summed E-state index contributed by atoms with van der Waals surface area (Å²) in [5.41, 5.74) is 4.97. The minimum Gasteiger partial charge on any atom is -0.325 e. The summed E-state index contributed by atoms with van der Waals surface area (Å²) in [6.07, 6.45) is 1.09. The van der Waals surface area contributed by atoms with Gasteiger partial charge in [0.25, 0.3) is 5.92 Å². The zero-order valence-corrected chi connectivity index (χ0v) is 6.45. The van der Waals surface area contributed by atoms with Gasteiger partial charge in [-0.2, -0.15) is 0 Å². The van der Waals surface area contributed by atoms with Crippen molar-refractivity contribution in [3.63, 3.8) is 0 Å². The van der Waals surface area contributed by atoms with Crippen LogP contribution in [0.1, 0.15) is 12.8 Å². The van der Waals surface area contributed by atoms with E-state index >= 15 is 0 Å². The van der Waals surface area contributed by atoms with E-state index in [-0.39, 0.29) is 0 Å². The first-order valence-electron chi connectivity index (χ1n) is 3.95. The van der Waals surface area contributed by atoms with Crippen LogP contribution in [0.3, 0.4) is 0 Å². The average molecular weight is 164 g/mol. The van der Waals surface area contributed by atoms with Crippen LogP contribution >= 0.6 is 0 Å². The first-order valence-corrected chi connectivity index (χ1v) is 3.95. The van der Waals surface area contributed by atoms with Crippen molar-refractivity contribution in [1.29, 1.82) is 0 Å². The third kappa shape index (κ3) is 2.10. The Morgan fingerprint density at radius 3 is 2.36 bits per heavy atom. The first-order chi connectivity index (χ1) is 5.17. The molecule has 2 nitrogen and oxygen atoms in total. The Morgan fingerprint density at radius 2 is 1.91 bits per heavy atom. The second kappa shape index (κ2) is 3.45. The van der Waals surface area contributed by atoms with Crippen molar-refractivity contribution in [3.8, 4) is 0 Å². The van der Waals surface area contributed by atoms with Gasteiger partial charge in [-0.05, 0) is 25.9 Å². The molecule has 0 aromatic carbocycles. The average Bonchev–Trinajstić information content (AvgIpc) is 2.06. The molecular formula is C7H14F2N2. The molecular weight excluding hydrogens is 150 g/mol. The highest BCUT2D eigenvalue weighted by atomic mass is 19.3. The van der Waals surface area contributed by atoms with E-state index in [4.69, 9.17) is 5.73 Å². The van der Waals surface area contributed by atoms with Gasteiger partial charge in [-0.25, -0.2) is 8.78 Å². The van der Waals surface area contributed by atoms with E-state index in [9.17, 15) is 8.78 Å². The van der Waals surface area contributed by atoms with Crippen molar-refractivity contribution in [2.24, 2.45) is 11.7 Å². The van der Waals surface area contributed by atoms with Crippen molar-refractivity contribution in [3.05, 3.63) is 0 Å². The molecule has 3 N–H and O–H groups in total. The Hall–Kier alpha value is -0.220. The summed E-state index contributed by atoms with van der Waals surface area (Å²) in [6.45, 7) is 0.873. The molecule has 0 aliphatic carbocycles. The van der Waals surface area contributed by atoms with Crippen LogP contribution in [0.5, 0.6) is 0 Å². The molecule has 1 fully saturated rings. The maximum Gasteiger partial charge on any atom is 0.262 e. The Kier molecular flexibility index (Phi) is 2.78. The normalized spacial score (nSPS) is 22.1. The van der Waals surface area contributed by atoms with E-state index in [0.29, 0.717) is 25.9 Å². The number of hydrogen-bond acceptors (Lipinski definition) is 2. The van der Waals surface area contributed by atoms with E-state index in [1.807, 2.05) is 0 Å². The van der Waals surface area contributed by atoms with Gasteiger partial charge in [-0.15, -0.1) is 0 Å². The minimum absolute atomic E-state index is 0.506. The Morgan fingerprint density at radius 1 is 1.36 bits per heavy atom. The standard InChI is InChI=1S/C7H14F2N2/c8-7(9,5-10)6-1-3-11-4-2-6/h6,11H,1-5,10H2. The number of hydrogen-bond donors (Lipinski definition) is 2. The number of nitrogens with one attached hydrogen (secondary N) is 1. The van der Waals surface area contributed by atoms with Gasteiger partial charge in [-0.3, -0.25) is 0 Å². The molecule has 4 heteroatoms. The Bertz CT molecular complexity index is 122. The highest BCUT2D eigenvalue weighted by Crippen LogP contribution is 2.29. The first kappa shape index (κ1) is 8.87. The highest BCUT2D eigenvalue weighted by molar-refractivity contribution is 4.81. The van der Waals surface area contributed by atoms with Crippen LogP contribution < -0.4 is 11.1 Å². The third-order valence-electron chi connectivity index (χ3n) is 2.21. The molecule has 0 atom stereocenters. The summed E-state index contributed by atoms with van der Waals surface area (Å²) in [5, 5.41) is 3.04. The molecule has 66 valence electrons. The number of nitrogens with two attached hydrogens (primary N) is 1. The Labute approximate surface area is 65.1 Å². The second-order valence-electron chi connectivity index (χ2n) is 2.99. The molecule has 0 amide bonds. The summed E-state index contributed by atoms with van der Waals surface area (Å²) in [5.74, 6) is -3.16. The summed E-state index contributed by atoms with van der Waals surface area (Å²) < 4.78 is 25.8. The summed E-state index contributed by atoms with van der Waals surface area (Å²) in [4.78, 5) is 0. The lowest BCUT2D eigenvalue weighted by Crippen LogP contribution is -2.42. The molecule has 11 heavy (non-hydrogen) atoms. The molecule has 0 aromatic rings. The molecule has 1 aliphatic rings. The zero-order valence-electron chi connectivity index (χ0n) is 6.45. The molecule has 0 spiro atoms. The van der Waals surface area contributed by atoms with E-state index in [1.54, 1.807) is 0 Å². The maximum atomic E-state index is 12.9. The molecule has 0 radical (unpaired) electrons. The van der Waals surface area contributed by atoms with Crippen molar-refractivity contribution in [2.45, 2.75) is 18.8 Å². The van der Waals surface area contributed by atoms with Gasteiger partial charge >= 0.3 is 0 Å². The predicted molar refractivity (Wildman–Crippen MR) is 39.6 cm³/mol. The lowest BCUT2D eigenvalue weighted by Gasteiger charge is -2.29. The third-order valence-corrected chi connectivity index (χ3v) is 2.21. The molecule has 0 unspecified atom stereocenters. The van der Waals surface area contributed by atoms with Gasteiger partial charge in [0, 0.05) is 5.92 Å². The summed E-state index contributed by atoms with van der Waals surface area (Å²) in [6, 6.07) is 0. The van der Waals surface area contributed by atoms with Gasteiger partial charge in [0.1, 0.15) is 0 Å². The van der Waals surface area contributed by atoms with Crippen molar-refractivity contribution in [2.75, 3.05) is 19.6 Å². The quantitative estimate of drug-likeness (QED) is 0.626. The molecule has 1 aliphatic heterocycles. The largest absolute Gasteiger partial charge is 0.325 e. The highest BCUT2D eigenvalue weighted by Gasteiger charge is 2.38. The van der Waals surface area contributed by atoms with Gasteiger partial charge in [0.05, 0.1) is 6.54 Å². The maximum absolute atomic E-state index is 12.9. The van der Waals surface area contributed by atoms with E-state index in [2.05, 4.69) is 5.32 Å². The van der Waals surface area contributed by atoms with Crippen LogP contribution in [0.15, 0.2) is 0 Å². The van der Waals surface area contributed by atoms with Gasteiger partial charge in [-0.1, -0.05) is 0 Å². The minimum atomic E-state index is -2.65. The van der Waals surface area contributed by atoms with E-state index in [1.165, 1.54) is 0 Å². The van der Waals surface area contributed by atoms with Crippen LogP contribution in [-0.2, 0) is 0 Å². The van der Waals surface area contributed by atoms with Crippen LogP contribution in [0.4, 0.5) is 8.78 Å². The van der Waals surface area contributed by atoms with E-state index in [0.717, 1.165) is 0 Å². The molecule has 0 saturated carbocycles. The van der Waals surface area contributed by atoms with Crippen molar-refractivity contribution >= 4 is 0 Å². The van der Waals surface area contributed by atoms with Gasteiger partial charge in [0.15, 0.2) is 0 Å². The van der Waals surface area contributed by atoms with Crippen LogP contribution in [0.2, 0.25) is 0 Å². The fourth-order valence-corrected chi connectivity index (χ4v) is 1.41. The smallest absolute Gasteiger partial charge is 0.262 e. The molecule has 1 heterocycles. The number of alkyl halides is 2. The van der Waals surface area contributed by atoms with Crippen LogP contribution in [-0.4, -0.2) is 25.6 Å². The summed E-state index contributed by atoms with van der Waals surface area (Å²) in [7, 11) is 0. The fourth-order valence-electron chi connectivity index (χ4n) is 1.41. The van der Waals surface area contributed by atoms with E-state index < -0.39 is 18.4 Å². The topological polar surface area (TPSA) is 38.0 Å². The molecule has 1 saturated heterocycles. The molecule has 1 rings (SSSR count). The van der Waals surface area contributed by atoms with Crippen molar-refractivity contribution in [1.82, 2.24) is 5.32 Å². The number of rotatable bonds is 2. The lowest BCUT2D eigenvalue weighted by molar-refractivity contribution is -0.0591. The Balaban J connectivity index is 2.43. The molecule has 0 aromatic heterocycles. The number of piperidine rings is 1. The van der Waals surface area contributed by atoms with Gasteiger partial charge < -0.3 is 11.1 Å². The fraction of sp³-hybridized carbons (Fsp3) is 1.00. The zero-order chi connectivity index (χ0) is 8.32. The molecule has 0 bridgehead atoms. The number of halogens is 2. The second-order valence-corrected chi connectivity index (χ2v) is 2.99. The SMILES string of the molecule is NCC(F)(F)C1CCNCC1. The van der Waals surface area contributed by atoms with Crippen LogP contribution in [0, 0.1) is 5.92 Å². The van der Waals surface area contributed by atoms with Crippen LogP contribution in [0.25, 0.3) is 0 Å². The predicted octanol–water partition coefficient (Wildman–Crippen LogP) is 0.580.